The number of likely N-dealkylation sites (N-methyl/N-ethyl adjacent to an activating group) is 1. The van der Waals surface area contributed by atoms with E-state index < -0.39 is 6.36 Å². The van der Waals surface area contributed by atoms with Crippen molar-refractivity contribution in [2.45, 2.75) is 38.1 Å². The number of benzene rings is 1. The first-order valence-electron chi connectivity index (χ1n) is 6.71. The summed E-state index contributed by atoms with van der Waals surface area (Å²) in [4.78, 5) is 0. The monoisotopic (exact) mass is 285 g/mol. The van der Waals surface area contributed by atoms with Crippen LogP contribution < -0.4 is 10.1 Å². The Morgan fingerprint density at radius 2 is 1.85 bits per heavy atom. The van der Waals surface area contributed by atoms with E-state index >= 15 is 0 Å². The summed E-state index contributed by atoms with van der Waals surface area (Å²) in [7, 11) is 1.86. The van der Waals surface area contributed by atoms with Gasteiger partial charge in [-0.2, -0.15) is 0 Å². The first-order chi connectivity index (χ1) is 9.49. The highest BCUT2D eigenvalue weighted by Crippen LogP contribution is 2.31. The van der Waals surface area contributed by atoms with Gasteiger partial charge in [0.2, 0.25) is 0 Å². The van der Waals surface area contributed by atoms with Crippen molar-refractivity contribution in [1.29, 1.82) is 0 Å². The van der Waals surface area contributed by atoms with Crippen LogP contribution in [0.15, 0.2) is 35.9 Å². The molecule has 0 heterocycles. The Kier molecular flexibility index (Phi) is 4.70. The third-order valence-corrected chi connectivity index (χ3v) is 3.43. The zero-order valence-corrected chi connectivity index (χ0v) is 11.3. The van der Waals surface area contributed by atoms with Crippen LogP contribution in [0, 0.1) is 0 Å². The summed E-state index contributed by atoms with van der Waals surface area (Å²) in [5, 5.41) is 3.22. The number of nitrogens with one attached hydrogen (secondary N) is 1. The van der Waals surface area contributed by atoms with Gasteiger partial charge in [-0.1, -0.05) is 23.8 Å². The van der Waals surface area contributed by atoms with E-state index in [1.54, 1.807) is 12.1 Å². The summed E-state index contributed by atoms with van der Waals surface area (Å²) in [6.07, 6.45) is 2.06. The molecule has 1 aromatic rings. The fourth-order valence-corrected chi connectivity index (χ4v) is 2.55. The van der Waals surface area contributed by atoms with Crippen LogP contribution in [0.4, 0.5) is 13.2 Å². The molecule has 1 aliphatic carbocycles. The highest BCUT2D eigenvalue weighted by molar-refractivity contribution is 5.34. The van der Waals surface area contributed by atoms with Crippen molar-refractivity contribution < 1.29 is 17.9 Å². The Bertz CT molecular complexity index is 465. The van der Waals surface area contributed by atoms with Gasteiger partial charge in [-0.25, -0.2) is 0 Å². The smallest absolute Gasteiger partial charge is 0.406 e. The molecule has 5 heteroatoms. The van der Waals surface area contributed by atoms with Gasteiger partial charge >= 0.3 is 6.36 Å². The normalized spacial score (nSPS) is 17.5. The van der Waals surface area contributed by atoms with Gasteiger partial charge in [-0.15, -0.1) is 13.2 Å². The lowest BCUT2D eigenvalue weighted by Crippen LogP contribution is -2.20. The van der Waals surface area contributed by atoms with Gasteiger partial charge in [0.1, 0.15) is 5.75 Å². The van der Waals surface area contributed by atoms with E-state index in [1.165, 1.54) is 30.5 Å². The minimum Gasteiger partial charge on any atom is -0.406 e. The van der Waals surface area contributed by atoms with Crippen LogP contribution in [0.2, 0.25) is 0 Å². The summed E-state index contributed by atoms with van der Waals surface area (Å²) < 4.78 is 40.2. The number of halogens is 3. The van der Waals surface area contributed by atoms with Crippen molar-refractivity contribution in [2.75, 3.05) is 7.05 Å². The first kappa shape index (κ1) is 14.9. The molecule has 0 saturated carbocycles. The maximum absolute atomic E-state index is 12.1. The van der Waals surface area contributed by atoms with Crippen LogP contribution >= 0.6 is 0 Å². The van der Waals surface area contributed by atoms with Crippen LogP contribution in [0.1, 0.15) is 37.3 Å². The Balaban J connectivity index is 2.13. The molecule has 20 heavy (non-hydrogen) atoms. The second-order valence-electron chi connectivity index (χ2n) is 4.86. The quantitative estimate of drug-likeness (QED) is 0.831. The molecule has 1 atom stereocenters. The Hall–Kier alpha value is -1.49. The van der Waals surface area contributed by atoms with Gasteiger partial charge in [-0.05, 0) is 50.4 Å². The average molecular weight is 285 g/mol. The Labute approximate surface area is 116 Å². The molecule has 0 aromatic heterocycles. The minimum absolute atomic E-state index is 0.0650. The molecule has 0 spiro atoms. The lowest BCUT2D eigenvalue weighted by Gasteiger charge is -2.23. The fourth-order valence-electron chi connectivity index (χ4n) is 2.55. The number of hydrogen-bond donors (Lipinski definition) is 1. The van der Waals surface area contributed by atoms with E-state index in [0.29, 0.717) is 0 Å². The van der Waals surface area contributed by atoms with E-state index in [0.717, 1.165) is 18.4 Å². The molecule has 0 fully saturated rings. The zero-order chi connectivity index (χ0) is 14.6. The second kappa shape index (κ2) is 6.31. The SMILES string of the molecule is CNC(C1=CCCCC1)c1ccc(OC(F)(F)F)cc1. The number of allylic oxidation sites excluding steroid dienone is 1. The third-order valence-electron chi connectivity index (χ3n) is 3.43. The molecule has 0 radical (unpaired) electrons. The molecule has 0 aliphatic heterocycles. The van der Waals surface area contributed by atoms with Crippen molar-refractivity contribution in [3.05, 3.63) is 41.5 Å². The molecular weight excluding hydrogens is 267 g/mol. The lowest BCUT2D eigenvalue weighted by molar-refractivity contribution is -0.274. The van der Waals surface area contributed by atoms with Gasteiger partial charge in [0.05, 0.1) is 6.04 Å². The van der Waals surface area contributed by atoms with Crippen LogP contribution in [0.3, 0.4) is 0 Å². The lowest BCUT2D eigenvalue weighted by atomic mass is 9.90. The summed E-state index contributed by atoms with van der Waals surface area (Å²) in [5.74, 6) is -0.186. The summed E-state index contributed by atoms with van der Waals surface area (Å²) in [5.41, 5.74) is 2.26. The van der Waals surface area contributed by atoms with E-state index in [4.69, 9.17) is 0 Å². The van der Waals surface area contributed by atoms with E-state index in [1.807, 2.05) is 7.05 Å². The maximum atomic E-state index is 12.1. The molecule has 1 N–H and O–H groups in total. The summed E-state index contributed by atoms with van der Waals surface area (Å²) in [6.45, 7) is 0. The molecule has 0 saturated heterocycles. The summed E-state index contributed by atoms with van der Waals surface area (Å²) in [6, 6.07) is 6.14. The second-order valence-corrected chi connectivity index (χ2v) is 4.86. The van der Waals surface area contributed by atoms with Gasteiger partial charge in [0, 0.05) is 0 Å². The molecule has 0 bridgehead atoms. The van der Waals surface area contributed by atoms with Crippen molar-refractivity contribution in [3.8, 4) is 5.75 Å². The predicted octanol–water partition coefficient (Wildman–Crippen LogP) is 4.35. The topological polar surface area (TPSA) is 21.3 Å². The highest BCUT2D eigenvalue weighted by atomic mass is 19.4. The van der Waals surface area contributed by atoms with Gasteiger partial charge in [0.15, 0.2) is 0 Å². The Morgan fingerprint density at radius 1 is 1.15 bits per heavy atom. The number of hydrogen-bond acceptors (Lipinski definition) is 2. The molecule has 1 aliphatic rings. The molecule has 1 aromatic carbocycles. The van der Waals surface area contributed by atoms with E-state index in [9.17, 15) is 13.2 Å². The highest BCUT2D eigenvalue weighted by Gasteiger charge is 2.31. The van der Waals surface area contributed by atoms with Crippen LogP contribution in [-0.4, -0.2) is 13.4 Å². The van der Waals surface area contributed by atoms with Crippen molar-refractivity contribution in [3.63, 3.8) is 0 Å². The fraction of sp³-hybridized carbons (Fsp3) is 0.467. The first-order valence-corrected chi connectivity index (χ1v) is 6.71. The van der Waals surface area contributed by atoms with Crippen molar-refractivity contribution in [1.82, 2.24) is 5.32 Å². The number of rotatable bonds is 4. The van der Waals surface area contributed by atoms with Crippen LogP contribution in [-0.2, 0) is 0 Å². The molecule has 2 nitrogen and oxygen atoms in total. The van der Waals surface area contributed by atoms with E-state index in [-0.39, 0.29) is 11.8 Å². The maximum Gasteiger partial charge on any atom is 0.573 e. The van der Waals surface area contributed by atoms with Crippen LogP contribution in [0.25, 0.3) is 0 Å². The van der Waals surface area contributed by atoms with Gasteiger partial charge in [0.25, 0.3) is 0 Å². The van der Waals surface area contributed by atoms with Crippen molar-refractivity contribution in [2.24, 2.45) is 0 Å². The zero-order valence-electron chi connectivity index (χ0n) is 11.3. The number of ether oxygens (including phenoxy) is 1. The van der Waals surface area contributed by atoms with Crippen molar-refractivity contribution >= 4 is 0 Å². The standard InChI is InChI=1S/C15H18F3NO/c1-19-14(11-5-3-2-4-6-11)12-7-9-13(10-8-12)20-15(16,17)18/h5,7-10,14,19H,2-4,6H2,1H3. The molecule has 0 amide bonds. The average Bonchev–Trinajstić information content (AvgIpc) is 2.41. The molecular formula is C15H18F3NO. The number of alkyl halides is 3. The third kappa shape index (κ3) is 4.00. The molecule has 2 rings (SSSR count). The largest absolute Gasteiger partial charge is 0.573 e. The van der Waals surface area contributed by atoms with Gasteiger partial charge < -0.3 is 10.1 Å². The predicted molar refractivity (Wildman–Crippen MR) is 71.5 cm³/mol. The minimum atomic E-state index is -4.64. The van der Waals surface area contributed by atoms with Crippen LogP contribution in [0.5, 0.6) is 5.75 Å². The molecule has 110 valence electrons. The van der Waals surface area contributed by atoms with Gasteiger partial charge in [-0.3, -0.25) is 0 Å². The summed E-state index contributed by atoms with van der Waals surface area (Å²) >= 11 is 0. The molecule has 1 unspecified atom stereocenters. The Morgan fingerprint density at radius 3 is 2.35 bits per heavy atom. The van der Waals surface area contributed by atoms with E-state index in [2.05, 4.69) is 16.1 Å².